The number of piperazine rings is 1. The molecule has 2 rings (SSSR count). The van der Waals surface area contributed by atoms with Crippen LogP contribution in [-0.2, 0) is 0 Å². The molecule has 0 saturated carbocycles. The molecule has 2 saturated heterocycles. The molecule has 2 heterocycles. The van der Waals surface area contributed by atoms with E-state index >= 15 is 0 Å². The van der Waals surface area contributed by atoms with Crippen LogP contribution in [-0.4, -0.2) is 49.1 Å². The molecule has 0 aromatic carbocycles. The maximum atomic E-state index is 2.67. The van der Waals surface area contributed by atoms with Gasteiger partial charge in [0.1, 0.15) is 0 Å². The summed E-state index contributed by atoms with van der Waals surface area (Å²) in [7, 11) is 2.24. The smallest absolute Gasteiger partial charge is 0.0223 e. The van der Waals surface area contributed by atoms with Crippen molar-refractivity contribution < 1.29 is 0 Å². The molecule has 11 heavy (non-hydrogen) atoms. The highest BCUT2D eigenvalue weighted by molar-refractivity contribution is 4.83. The lowest BCUT2D eigenvalue weighted by atomic mass is 10.00. The Labute approximate surface area is 69.2 Å². The summed E-state index contributed by atoms with van der Waals surface area (Å²) in [6.45, 7) is 5.25. The van der Waals surface area contributed by atoms with Gasteiger partial charge in [0.2, 0.25) is 0 Å². The first kappa shape index (κ1) is 7.56. The Balaban J connectivity index is 1.93. The van der Waals surface area contributed by atoms with E-state index in [0.717, 1.165) is 6.04 Å². The molecule has 2 heteroatoms. The molecule has 2 aliphatic heterocycles. The average molecular weight is 154 g/mol. The molecule has 64 valence electrons. The molecule has 0 radical (unpaired) electrons. The lowest BCUT2D eigenvalue weighted by molar-refractivity contribution is 0.0623. The van der Waals surface area contributed by atoms with Gasteiger partial charge in [0.05, 0.1) is 0 Å². The van der Waals surface area contributed by atoms with E-state index in [4.69, 9.17) is 0 Å². The fourth-order valence-corrected chi connectivity index (χ4v) is 2.31. The highest BCUT2D eigenvalue weighted by Crippen LogP contribution is 2.19. The van der Waals surface area contributed by atoms with Crippen LogP contribution in [0.25, 0.3) is 0 Å². The van der Waals surface area contributed by atoms with Crippen molar-refractivity contribution in [2.45, 2.75) is 25.3 Å². The minimum Gasteiger partial charge on any atom is -0.304 e. The van der Waals surface area contributed by atoms with Gasteiger partial charge < -0.3 is 4.90 Å². The third-order valence-corrected chi connectivity index (χ3v) is 3.04. The van der Waals surface area contributed by atoms with Gasteiger partial charge in [0, 0.05) is 25.7 Å². The molecule has 1 atom stereocenters. The van der Waals surface area contributed by atoms with Gasteiger partial charge in [-0.05, 0) is 26.4 Å². The predicted molar refractivity (Wildman–Crippen MR) is 46.7 cm³/mol. The number of nitrogens with zero attached hydrogens (tertiary/aromatic N) is 2. The largest absolute Gasteiger partial charge is 0.304 e. The normalized spacial score (nSPS) is 35.2. The first-order valence-electron chi connectivity index (χ1n) is 4.79. The van der Waals surface area contributed by atoms with E-state index in [1.165, 1.54) is 45.4 Å². The molecule has 0 aromatic rings. The van der Waals surface area contributed by atoms with Crippen LogP contribution < -0.4 is 0 Å². The summed E-state index contributed by atoms with van der Waals surface area (Å²) in [5, 5.41) is 0. The van der Waals surface area contributed by atoms with Gasteiger partial charge >= 0.3 is 0 Å². The zero-order chi connectivity index (χ0) is 7.68. The van der Waals surface area contributed by atoms with Crippen molar-refractivity contribution in [2.24, 2.45) is 0 Å². The summed E-state index contributed by atoms with van der Waals surface area (Å²) in [4.78, 5) is 5.13. The van der Waals surface area contributed by atoms with Gasteiger partial charge in [0.25, 0.3) is 0 Å². The van der Waals surface area contributed by atoms with Gasteiger partial charge in [-0.1, -0.05) is 6.42 Å². The third kappa shape index (κ3) is 1.57. The summed E-state index contributed by atoms with van der Waals surface area (Å²) < 4.78 is 0. The predicted octanol–water partition coefficient (Wildman–Crippen LogP) is 0.786. The van der Waals surface area contributed by atoms with E-state index in [1.54, 1.807) is 0 Å². The maximum absolute atomic E-state index is 2.67. The fraction of sp³-hybridized carbons (Fsp3) is 1.00. The van der Waals surface area contributed by atoms with Crippen LogP contribution in [0, 0.1) is 0 Å². The summed E-state index contributed by atoms with van der Waals surface area (Å²) >= 11 is 0. The van der Waals surface area contributed by atoms with E-state index in [0.29, 0.717) is 0 Å². The molecule has 0 bridgehead atoms. The number of fused-ring (bicyclic) bond motifs is 1. The van der Waals surface area contributed by atoms with E-state index < -0.39 is 0 Å². The monoisotopic (exact) mass is 154 g/mol. The summed E-state index contributed by atoms with van der Waals surface area (Å²) in [6, 6.07) is 0.891. The SMILES string of the molecule is CN1CCN2CCCC[C@@H]2C1. The quantitative estimate of drug-likeness (QED) is 0.509. The van der Waals surface area contributed by atoms with Crippen LogP contribution >= 0.6 is 0 Å². The molecule has 2 aliphatic rings. The van der Waals surface area contributed by atoms with Gasteiger partial charge in [-0.15, -0.1) is 0 Å². The van der Waals surface area contributed by atoms with E-state index in [9.17, 15) is 0 Å². The van der Waals surface area contributed by atoms with Crippen molar-refractivity contribution in [3.63, 3.8) is 0 Å². The molecular formula is C9H18N2. The maximum Gasteiger partial charge on any atom is 0.0223 e. The molecule has 0 N–H and O–H groups in total. The van der Waals surface area contributed by atoms with Crippen molar-refractivity contribution in [3.05, 3.63) is 0 Å². The number of hydrogen-bond acceptors (Lipinski definition) is 2. The second-order valence-corrected chi connectivity index (χ2v) is 3.95. The van der Waals surface area contributed by atoms with Crippen LogP contribution in [0.2, 0.25) is 0 Å². The Kier molecular flexibility index (Phi) is 2.14. The second-order valence-electron chi connectivity index (χ2n) is 3.95. The first-order chi connectivity index (χ1) is 5.36. The van der Waals surface area contributed by atoms with Crippen LogP contribution in [0.15, 0.2) is 0 Å². The molecule has 0 aliphatic carbocycles. The number of rotatable bonds is 0. The van der Waals surface area contributed by atoms with Crippen molar-refractivity contribution in [2.75, 3.05) is 33.2 Å². The Morgan fingerprint density at radius 2 is 2.00 bits per heavy atom. The van der Waals surface area contributed by atoms with Crippen molar-refractivity contribution in [1.82, 2.24) is 9.80 Å². The van der Waals surface area contributed by atoms with Gasteiger partial charge in [-0.25, -0.2) is 0 Å². The van der Waals surface area contributed by atoms with Gasteiger partial charge in [-0.2, -0.15) is 0 Å². The van der Waals surface area contributed by atoms with Crippen molar-refractivity contribution in [1.29, 1.82) is 0 Å². The lowest BCUT2D eigenvalue weighted by Gasteiger charge is -2.42. The van der Waals surface area contributed by atoms with Gasteiger partial charge in [0.15, 0.2) is 0 Å². The summed E-state index contributed by atoms with van der Waals surface area (Å²) in [5.74, 6) is 0. The zero-order valence-corrected chi connectivity index (χ0v) is 7.42. The Bertz CT molecular complexity index is 136. The molecule has 0 aromatic heterocycles. The summed E-state index contributed by atoms with van der Waals surface area (Å²) in [5.41, 5.74) is 0. The molecule has 2 nitrogen and oxygen atoms in total. The van der Waals surface area contributed by atoms with Crippen LogP contribution in [0.1, 0.15) is 19.3 Å². The number of piperidine rings is 1. The zero-order valence-electron chi connectivity index (χ0n) is 7.42. The van der Waals surface area contributed by atoms with E-state index in [1.807, 2.05) is 0 Å². The second kappa shape index (κ2) is 3.11. The van der Waals surface area contributed by atoms with Crippen molar-refractivity contribution >= 4 is 0 Å². The standard InChI is InChI=1S/C9H18N2/c1-10-6-7-11-5-3-2-4-9(11)8-10/h9H,2-8H2,1H3/t9-/m1/s1. The Morgan fingerprint density at radius 3 is 2.91 bits per heavy atom. The Morgan fingerprint density at radius 1 is 1.09 bits per heavy atom. The van der Waals surface area contributed by atoms with Crippen LogP contribution in [0.3, 0.4) is 0 Å². The molecule has 0 unspecified atom stereocenters. The summed E-state index contributed by atoms with van der Waals surface area (Å²) in [6.07, 6.45) is 4.32. The minimum absolute atomic E-state index is 0.891. The van der Waals surface area contributed by atoms with Crippen molar-refractivity contribution in [3.8, 4) is 0 Å². The highest BCUT2D eigenvalue weighted by Gasteiger charge is 2.26. The van der Waals surface area contributed by atoms with Crippen LogP contribution in [0.4, 0.5) is 0 Å². The molecule has 2 fully saturated rings. The lowest BCUT2D eigenvalue weighted by Crippen LogP contribution is -2.53. The average Bonchev–Trinajstić information content (AvgIpc) is 2.04. The minimum atomic E-state index is 0.891. The van der Waals surface area contributed by atoms with Gasteiger partial charge in [-0.3, -0.25) is 4.90 Å². The Hall–Kier alpha value is -0.0800. The molecule has 0 spiro atoms. The third-order valence-electron chi connectivity index (χ3n) is 3.04. The van der Waals surface area contributed by atoms with Crippen LogP contribution in [0.5, 0.6) is 0 Å². The molecular weight excluding hydrogens is 136 g/mol. The molecule has 0 amide bonds. The van der Waals surface area contributed by atoms with E-state index in [-0.39, 0.29) is 0 Å². The highest BCUT2D eigenvalue weighted by atomic mass is 15.3. The number of hydrogen-bond donors (Lipinski definition) is 0. The topological polar surface area (TPSA) is 6.48 Å². The van der Waals surface area contributed by atoms with E-state index in [2.05, 4.69) is 16.8 Å². The number of likely N-dealkylation sites (N-methyl/N-ethyl adjacent to an activating group) is 1. The fourth-order valence-electron chi connectivity index (χ4n) is 2.31. The first-order valence-corrected chi connectivity index (χ1v) is 4.79.